The number of sulfone groups is 1. The molecule has 0 unspecified atom stereocenters. The van der Waals surface area contributed by atoms with Gasteiger partial charge >= 0.3 is 0 Å². The number of carbonyl (C=O) groups is 1. The summed E-state index contributed by atoms with van der Waals surface area (Å²) < 4.78 is 24.5. The van der Waals surface area contributed by atoms with Crippen molar-refractivity contribution in [2.45, 2.75) is 32.6 Å². The lowest BCUT2D eigenvalue weighted by molar-refractivity contribution is 0.0960. The minimum Gasteiger partial charge on any atom is -0.396 e. The van der Waals surface area contributed by atoms with E-state index >= 15 is 0 Å². The molecule has 0 aliphatic heterocycles. The third-order valence-electron chi connectivity index (χ3n) is 2.81. The van der Waals surface area contributed by atoms with E-state index in [2.05, 4.69) is 10.6 Å². The van der Waals surface area contributed by atoms with Gasteiger partial charge in [-0.25, -0.2) is 8.42 Å². The molecule has 4 N–H and O–H groups in total. The van der Waals surface area contributed by atoms with Crippen molar-refractivity contribution >= 4 is 37.8 Å². The van der Waals surface area contributed by atoms with E-state index in [-0.39, 0.29) is 27.1 Å². The molecule has 21 heavy (non-hydrogen) atoms. The summed E-state index contributed by atoms with van der Waals surface area (Å²) in [4.78, 5) is 12.3. The van der Waals surface area contributed by atoms with Crippen LogP contribution in [0.4, 0.5) is 10.7 Å². The summed E-state index contributed by atoms with van der Waals surface area (Å²) in [6.45, 7) is 8.46. The van der Waals surface area contributed by atoms with Gasteiger partial charge in [0.1, 0.15) is 14.8 Å². The van der Waals surface area contributed by atoms with Crippen LogP contribution in [-0.2, 0) is 9.84 Å². The Morgan fingerprint density at radius 3 is 2.43 bits per heavy atom. The second-order valence-corrected chi connectivity index (χ2v) is 8.28. The van der Waals surface area contributed by atoms with Crippen molar-refractivity contribution in [2.24, 2.45) is 5.92 Å². The molecule has 0 bridgehead atoms. The molecule has 8 heteroatoms. The zero-order valence-corrected chi connectivity index (χ0v) is 14.5. The van der Waals surface area contributed by atoms with Gasteiger partial charge in [-0.15, -0.1) is 11.3 Å². The maximum Gasteiger partial charge on any atom is 0.263 e. The van der Waals surface area contributed by atoms with Crippen LogP contribution in [0.2, 0.25) is 0 Å². The lowest BCUT2D eigenvalue weighted by atomic mass is 10.2. The van der Waals surface area contributed by atoms with Crippen LogP contribution in [0, 0.1) is 5.92 Å². The highest BCUT2D eigenvalue weighted by molar-refractivity contribution is 7.91. The fraction of sp³-hybridized carbons (Fsp3) is 0.615. The molecule has 120 valence electrons. The Bertz CT molecular complexity index is 606. The first-order chi connectivity index (χ1) is 9.74. The fourth-order valence-corrected chi connectivity index (χ4v) is 4.29. The van der Waals surface area contributed by atoms with Gasteiger partial charge in [0.2, 0.25) is 0 Å². The Morgan fingerprint density at radius 2 is 1.95 bits per heavy atom. The predicted octanol–water partition coefficient (Wildman–Crippen LogP) is 1.94. The van der Waals surface area contributed by atoms with E-state index in [9.17, 15) is 13.2 Å². The number of carbonyl (C=O) groups excluding carboxylic acids is 1. The zero-order chi connectivity index (χ0) is 16.2. The fourth-order valence-electron chi connectivity index (χ4n) is 1.70. The zero-order valence-electron chi connectivity index (χ0n) is 12.8. The number of amides is 1. The molecule has 1 aromatic heterocycles. The third-order valence-corrected chi connectivity index (χ3v) is 5.90. The molecule has 1 aromatic rings. The van der Waals surface area contributed by atoms with Gasteiger partial charge in [0.15, 0.2) is 9.84 Å². The van der Waals surface area contributed by atoms with Crippen molar-refractivity contribution in [3.63, 3.8) is 0 Å². The molecule has 1 amide bonds. The van der Waals surface area contributed by atoms with E-state index in [1.807, 2.05) is 13.8 Å². The monoisotopic (exact) mass is 333 g/mol. The number of nitrogens with one attached hydrogen (secondary N) is 2. The minimum absolute atomic E-state index is 0.0408. The average Bonchev–Trinajstić information content (AvgIpc) is 2.74. The normalized spacial score (nSPS) is 11.7. The molecular formula is C13H23N3O3S2. The summed E-state index contributed by atoms with van der Waals surface area (Å²) in [5, 5.41) is 6.19. The van der Waals surface area contributed by atoms with Crippen molar-refractivity contribution in [2.75, 3.05) is 29.9 Å². The quantitative estimate of drug-likeness (QED) is 0.708. The van der Waals surface area contributed by atoms with Gasteiger partial charge in [-0.3, -0.25) is 4.79 Å². The van der Waals surface area contributed by atoms with Crippen molar-refractivity contribution < 1.29 is 13.2 Å². The molecule has 0 saturated carbocycles. The number of thiophene rings is 1. The van der Waals surface area contributed by atoms with Gasteiger partial charge in [-0.1, -0.05) is 20.8 Å². The number of rotatable bonds is 7. The number of hydrogen-bond donors (Lipinski definition) is 3. The molecule has 0 fully saturated rings. The van der Waals surface area contributed by atoms with E-state index in [0.717, 1.165) is 11.3 Å². The van der Waals surface area contributed by atoms with Crippen LogP contribution >= 0.6 is 11.3 Å². The molecule has 1 rings (SSSR count). The van der Waals surface area contributed by atoms with Gasteiger partial charge in [-0.05, 0) is 12.8 Å². The molecule has 0 saturated heterocycles. The molecule has 0 atom stereocenters. The van der Waals surface area contributed by atoms with E-state index < -0.39 is 9.84 Å². The largest absolute Gasteiger partial charge is 0.396 e. The Labute approximate surface area is 130 Å². The second kappa shape index (κ2) is 7.13. The topological polar surface area (TPSA) is 101 Å². The van der Waals surface area contributed by atoms with Crippen LogP contribution in [-0.4, -0.2) is 33.2 Å². The lowest BCUT2D eigenvalue weighted by Gasteiger charge is -2.09. The highest BCUT2D eigenvalue weighted by atomic mass is 32.2. The first-order valence-corrected chi connectivity index (χ1v) is 9.38. The van der Waals surface area contributed by atoms with Gasteiger partial charge in [0, 0.05) is 13.1 Å². The van der Waals surface area contributed by atoms with Crippen molar-refractivity contribution in [3.05, 3.63) is 4.88 Å². The van der Waals surface area contributed by atoms with Crippen molar-refractivity contribution in [1.82, 2.24) is 5.32 Å². The molecule has 0 radical (unpaired) electrons. The summed E-state index contributed by atoms with van der Waals surface area (Å²) in [7, 11) is -3.49. The molecule has 0 spiro atoms. The number of nitrogen functional groups attached to an aromatic ring is 1. The summed E-state index contributed by atoms with van der Waals surface area (Å²) in [5.41, 5.74) is 5.97. The Kier molecular flexibility index (Phi) is 6.03. The summed E-state index contributed by atoms with van der Waals surface area (Å²) in [5.74, 6) is -0.0531. The minimum atomic E-state index is -3.49. The summed E-state index contributed by atoms with van der Waals surface area (Å²) >= 11 is 1.09. The maximum atomic E-state index is 12.2. The van der Waals surface area contributed by atoms with Crippen LogP contribution in [0.15, 0.2) is 4.90 Å². The number of hydrogen-bond acceptors (Lipinski definition) is 6. The summed E-state index contributed by atoms with van der Waals surface area (Å²) in [6, 6.07) is 0. The van der Waals surface area contributed by atoms with Gasteiger partial charge in [0.05, 0.1) is 11.4 Å². The first kappa shape index (κ1) is 17.8. The first-order valence-electron chi connectivity index (χ1n) is 6.91. The van der Waals surface area contributed by atoms with Gasteiger partial charge < -0.3 is 16.4 Å². The van der Waals surface area contributed by atoms with Crippen molar-refractivity contribution in [3.8, 4) is 0 Å². The maximum absolute atomic E-state index is 12.2. The highest BCUT2D eigenvalue weighted by Crippen LogP contribution is 2.39. The smallest absolute Gasteiger partial charge is 0.263 e. The van der Waals surface area contributed by atoms with Crippen LogP contribution < -0.4 is 16.4 Å². The predicted molar refractivity (Wildman–Crippen MR) is 87.8 cm³/mol. The Hall–Kier alpha value is -1.28. The molecule has 0 aliphatic carbocycles. The standard InChI is InChI=1S/C13H23N3O3S2/c1-5-15-12(17)10-9(14)11(21(18,19)6-2)13(20-10)16-7-8(3)4/h8,16H,5-7,14H2,1-4H3,(H,15,17). The van der Waals surface area contributed by atoms with Crippen LogP contribution in [0.3, 0.4) is 0 Å². The SMILES string of the molecule is CCNC(=O)c1sc(NCC(C)C)c(S(=O)(=O)CC)c1N. The van der Waals surface area contributed by atoms with Crippen LogP contribution in [0.1, 0.15) is 37.4 Å². The number of nitrogens with two attached hydrogens (primary N) is 1. The van der Waals surface area contributed by atoms with Crippen LogP contribution in [0.5, 0.6) is 0 Å². The van der Waals surface area contributed by atoms with E-state index in [0.29, 0.717) is 24.0 Å². The number of anilines is 2. The molecule has 6 nitrogen and oxygen atoms in total. The Balaban J connectivity index is 3.34. The second-order valence-electron chi connectivity index (χ2n) is 5.04. The molecule has 0 aliphatic rings. The average molecular weight is 333 g/mol. The molecular weight excluding hydrogens is 310 g/mol. The third kappa shape index (κ3) is 4.10. The lowest BCUT2D eigenvalue weighted by Crippen LogP contribution is -2.22. The van der Waals surface area contributed by atoms with Gasteiger partial charge in [-0.2, -0.15) is 0 Å². The highest BCUT2D eigenvalue weighted by Gasteiger charge is 2.28. The van der Waals surface area contributed by atoms with E-state index in [4.69, 9.17) is 5.73 Å². The van der Waals surface area contributed by atoms with Crippen LogP contribution in [0.25, 0.3) is 0 Å². The summed E-state index contributed by atoms with van der Waals surface area (Å²) in [6.07, 6.45) is 0. The Morgan fingerprint density at radius 1 is 1.33 bits per heavy atom. The van der Waals surface area contributed by atoms with Gasteiger partial charge in [0.25, 0.3) is 5.91 Å². The van der Waals surface area contributed by atoms with E-state index in [1.54, 1.807) is 13.8 Å². The molecule has 1 heterocycles. The molecule has 0 aromatic carbocycles. The van der Waals surface area contributed by atoms with Crippen molar-refractivity contribution in [1.29, 1.82) is 0 Å². The van der Waals surface area contributed by atoms with E-state index in [1.165, 1.54) is 0 Å².